The summed E-state index contributed by atoms with van der Waals surface area (Å²) in [6.07, 6.45) is 5.02. The van der Waals surface area contributed by atoms with Crippen molar-refractivity contribution in [2.75, 3.05) is 6.54 Å². The molecule has 0 radical (unpaired) electrons. The van der Waals surface area contributed by atoms with Gasteiger partial charge in [-0.3, -0.25) is 14.8 Å². The molecule has 2 N–H and O–H groups in total. The second-order valence-corrected chi connectivity index (χ2v) is 10.3. The number of fused-ring (bicyclic) bond motifs is 2. The topological polar surface area (TPSA) is 113 Å². The molecule has 1 atom stereocenters. The Labute approximate surface area is 200 Å². The van der Waals surface area contributed by atoms with Gasteiger partial charge in [0, 0.05) is 41.8 Å². The maximum absolute atomic E-state index is 13.4. The van der Waals surface area contributed by atoms with Crippen molar-refractivity contribution in [2.45, 2.75) is 18.2 Å². The predicted octanol–water partition coefficient (Wildman–Crippen LogP) is 3.09. The SMILES string of the molecule is O=c1c2cc(CS(=O)(=O)NCc3ccc(Cl)cn3)ccc2ccc2ncc(C3C=NNC3)cc12. The lowest BCUT2D eigenvalue weighted by atomic mass is 10.0. The molecule has 2 aromatic carbocycles. The van der Waals surface area contributed by atoms with Crippen LogP contribution in [-0.4, -0.2) is 31.1 Å². The molecule has 2 aromatic heterocycles. The molecule has 0 amide bonds. The van der Waals surface area contributed by atoms with Crippen LogP contribution in [0.25, 0.3) is 21.7 Å². The molecule has 172 valence electrons. The first-order valence-corrected chi connectivity index (χ1v) is 12.6. The van der Waals surface area contributed by atoms with E-state index in [1.54, 1.807) is 48.8 Å². The van der Waals surface area contributed by atoms with Crippen LogP contribution in [0.2, 0.25) is 5.02 Å². The maximum atomic E-state index is 13.4. The number of sulfonamides is 1. The van der Waals surface area contributed by atoms with Gasteiger partial charge in [0.15, 0.2) is 5.43 Å². The average molecular weight is 494 g/mol. The summed E-state index contributed by atoms with van der Waals surface area (Å²) in [5.41, 5.74) is 5.27. The van der Waals surface area contributed by atoms with Gasteiger partial charge in [0.25, 0.3) is 0 Å². The highest BCUT2D eigenvalue weighted by Crippen LogP contribution is 2.21. The first-order chi connectivity index (χ1) is 16.4. The molecule has 1 unspecified atom stereocenters. The van der Waals surface area contributed by atoms with Gasteiger partial charge in [0.05, 0.1) is 28.5 Å². The van der Waals surface area contributed by atoms with E-state index < -0.39 is 10.0 Å². The average Bonchev–Trinajstić information content (AvgIpc) is 3.33. The summed E-state index contributed by atoms with van der Waals surface area (Å²) in [5, 5.41) is 6.16. The van der Waals surface area contributed by atoms with Gasteiger partial charge in [-0.15, -0.1) is 0 Å². The van der Waals surface area contributed by atoms with E-state index in [0.717, 1.165) is 5.56 Å². The van der Waals surface area contributed by atoms with E-state index in [1.165, 1.54) is 6.20 Å². The van der Waals surface area contributed by atoms with Gasteiger partial charge in [0.2, 0.25) is 10.0 Å². The highest BCUT2D eigenvalue weighted by atomic mass is 35.5. The molecule has 10 heteroatoms. The van der Waals surface area contributed by atoms with E-state index in [2.05, 4.69) is 25.2 Å². The molecule has 0 saturated carbocycles. The number of nitrogens with zero attached hydrogens (tertiary/aromatic N) is 3. The zero-order chi connectivity index (χ0) is 23.7. The molecule has 1 aliphatic heterocycles. The lowest BCUT2D eigenvalue weighted by molar-refractivity contribution is 0.579. The molecular formula is C24H20ClN5O3S. The van der Waals surface area contributed by atoms with E-state index in [9.17, 15) is 13.2 Å². The van der Waals surface area contributed by atoms with Crippen LogP contribution in [0.1, 0.15) is 22.7 Å². The van der Waals surface area contributed by atoms with Gasteiger partial charge >= 0.3 is 0 Å². The molecule has 4 aromatic rings. The number of hydrogen-bond donors (Lipinski definition) is 2. The minimum absolute atomic E-state index is 0.0489. The van der Waals surface area contributed by atoms with Gasteiger partial charge in [-0.2, -0.15) is 5.10 Å². The third kappa shape index (κ3) is 4.77. The Hall–Kier alpha value is -3.40. The van der Waals surface area contributed by atoms with Crippen LogP contribution in [0.4, 0.5) is 0 Å². The van der Waals surface area contributed by atoms with Gasteiger partial charge < -0.3 is 5.43 Å². The summed E-state index contributed by atoms with van der Waals surface area (Å²) in [7, 11) is -3.66. The predicted molar refractivity (Wildman–Crippen MR) is 133 cm³/mol. The van der Waals surface area contributed by atoms with Crippen molar-refractivity contribution in [3.05, 3.63) is 93.0 Å². The summed E-state index contributed by atoms with van der Waals surface area (Å²) >= 11 is 5.82. The highest BCUT2D eigenvalue weighted by molar-refractivity contribution is 7.88. The van der Waals surface area contributed by atoms with Gasteiger partial charge in [0.1, 0.15) is 0 Å². The lowest BCUT2D eigenvalue weighted by Crippen LogP contribution is -2.25. The first kappa shape index (κ1) is 22.4. The number of benzene rings is 1. The first-order valence-electron chi connectivity index (χ1n) is 10.6. The van der Waals surface area contributed by atoms with E-state index >= 15 is 0 Å². The molecule has 8 nitrogen and oxygen atoms in total. The maximum Gasteiger partial charge on any atom is 0.216 e. The van der Waals surface area contributed by atoms with Crippen molar-refractivity contribution < 1.29 is 8.42 Å². The number of hydrogen-bond acceptors (Lipinski definition) is 7. The molecule has 0 bridgehead atoms. The summed E-state index contributed by atoms with van der Waals surface area (Å²) in [6, 6.07) is 13.9. The van der Waals surface area contributed by atoms with Crippen LogP contribution in [0, 0.1) is 0 Å². The van der Waals surface area contributed by atoms with Crippen LogP contribution in [0.3, 0.4) is 0 Å². The number of pyridine rings is 2. The molecule has 0 spiro atoms. The molecule has 3 heterocycles. The Balaban J connectivity index is 1.47. The lowest BCUT2D eigenvalue weighted by Gasteiger charge is -2.07. The molecule has 34 heavy (non-hydrogen) atoms. The quantitative estimate of drug-likeness (QED) is 0.426. The fourth-order valence-corrected chi connectivity index (χ4v) is 5.07. The molecular weight excluding hydrogens is 474 g/mol. The number of rotatable bonds is 6. The van der Waals surface area contributed by atoms with Crippen LogP contribution in [-0.2, 0) is 22.3 Å². The normalized spacial score (nSPS) is 15.6. The van der Waals surface area contributed by atoms with Crippen molar-refractivity contribution in [1.82, 2.24) is 20.1 Å². The Morgan fingerprint density at radius 2 is 1.88 bits per heavy atom. The van der Waals surface area contributed by atoms with Gasteiger partial charge in [-0.05, 0) is 46.8 Å². The fraction of sp³-hybridized carbons (Fsp3) is 0.167. The molecule has 0 fully saturated rings. The second kappa shape index (κ2) is 9.09. The van der Waals surface area contributed by atoms with E-state index in [1.807, 2.05) is 12.1 Å². The molecule has 5 rings (SSSR count). The molecule has 0 aliphatic carbocycles. The van der Waals surface area contributed by atoms with E-state index in [-0.39, 0.29) is 23.6 Å². The minimum atomic E-state index is -3.66. The Morgan fingerprint density at radius 3 is 2.65 bits per heavy atom. The van der Waals surface area contributed by atoms with Gasteiger partial charge in [-0.1, -0.05) is 29.8 Å². The van der Waals surface area contributed by atoms with Crippen LogP contribution in [0.15, 0.2) is 70.8 Å². The van der Waals surface area contributed by atoms with Crippen LogP contribution < -0.4 is 15.6 Å². The third-order valence-electron chi connectivity index (χ3n) is 5.67. The van der Waals surface area contributed by atoms with Gasteiger partial charge in [-0.25, -0.2) is 13.1 Å². The molecule has 0 saturated heterocycles. The minimum Gasteiger partial charge on any atom is -0.309 e. The summed E-state index contributed by atoms with van der Waals surface area (Å²) in [4.78, 5) is 22.0. The second-order valence-electron chi connectivity index (χ2n) is 8.08. The Morgan fingerprint density at radius 1 is 1.03 bits per heavy atom. The van der Waals surface area contributed by atoms with E-state index in [0.29, 0.717) is 44.5 Å². The Bertz CT molecular complexity index is 1590. The number of nitrogens with one attached hydrogen (secondary N) is 2. The largest absolute Gasteiger partial charge is 0.309 e. The van der Waals surface area contributed by atoms with Crippen LogP contribution in [0.5, 0.6) is 0 Å². The van der Waals surface area contributed by atoms with Crippen molar-refractivity contribution in [3.8, 4) is 0 Å². The van der Waals surface area contributed by atoms with E-state index in [4.69, 9.17) is 11.6 Å². The highest BCUT2D eigenvalue weighted by Gasteiger charge is 2.16. The molecule has 1 aliphatic rings. The summed E-state index contributed by atoms with van der Waals surface area (Å²) in [5.74, 6) is -0.213. The number of halogens is 1. The summed E-state index contributed by atoms with van der Waals surface area (Å²) < 4.78 is 27.9. The van der Waals surface area contributed by atoms with Crippen molar-refractivity contribution in [3.63, 3.8) is 0 Å². The zero-order valence-corrected chi connectivity index (χ0v) is 19.5. The smallest absolute Gasteiger partial charge is 0.216 e. The Kier molecular flexibility index (Phi) is 5.99. The zero-order valence-electron chi connectivity index (χ0n) is 17.9. The number of aromatic nitrogens is 2. The fourth-order valence-electron chi connectivity index (χ4n) is 3.87. The number of hydrazone groups is 1. The monoisotopic (exact) mass is 493 g/mol. The summed E-state index contributed by atoms with van der Waals surface area (Å²) in [6.45, 7) is 0.703. The third-order valence-corrected chi connectivity index (χ3v) is 7.19. The standard InChI is InChI=1S/C24H20ClN5O3S/c25-19-4-5-20(26-12-19)13-30-34(32,33)14-15-1-2-16-3-6-23-22(24(31)21(16)7-15)8-17(9-27-23)18-10-28-29-11-18/h1-10,12,18,29-30H,11,13-14H2. The van der Waals surface area contributed by atoms with Crippen LogP contribution >= 0.6 is 11.6 Å². The van der Waals surface area contributed by atoms with Crippen molar-refractivity contribution >= 4 is 49.5 Å². The van der Waals surface area contributed by atoms with Crippen molar-refractivity contribution in [1.29, 1.82) is 0 Å². The van der Waals surface area contributed by atoms with Crippen molar-refractivity contribution in [2.24, 2.45) is 5.10 Å².